The molecule has 0 saturated heterocycles. The molecule has 5 rings (SSSR count). The van der Waals surface area contributed by atoms with E-state index < -0.39 is 17.9 Å². The third-order valence-electron chi connectivity index (χ3n) is 5.69. The zero-order valence-electron chi connectivity index (χ0n) is 17.1. The Morgan fingerprint density at radius 3 is 2.76 bits per heavy atom. The molecule has 1 aliphatic rings. The van der Waals surface area contributed by atoms with E-state index in [1.165, 1.54) is 24.5 Å². The van der Waals surface area contributed by atoms with E-state index >= 15 is 0 Å². The van der Waals surface area contributed by atoms with Crippen LogP contribution in [-0.4, -0.2) is 42.7 Å². The molecule has 33 heavy (non-hydrogen) atoms. The van der Waals surface area contributed by atoms with Crippen LogP contribution in [0.3, 0.4) is 0 Å². The van der Waals surface area contributed by atoms with Gasteiger partial charge < -0.3 is 15.0 Å². The Morgan fingerprint density at radius 2 is 2.00 bits per heavy atom. The zero-order chi connectivity index (χ0) is 23.1. The molecule has 3 aromatic heterocycles. The van der Waals surface area contributed by atoms with Gasteiger partial charge in [0, 0.05) is 18.2 Å². The molecule has 1 aliphatic carbocycles. The van der Waals surface area contributed by atoms with Crippen molar-refractivity contribution in [1.82, 2.24) is 24.8 Å². The summed E-state index contributed by atoms with van der Waals surface area (Å²) in [5.74, 6) is -1.23. The lowest BCUT2D eigenvalue weighted by atomic mass is 9.88. The SMILES string of the molecule is O=C(N[C@H]1C[C@H](O)C[C@@H](n2c(-c3ccccc3F)nc3cnc(F)cc32)C1)c1ncc(Cl)s1. The van der Waals surface area contributed by atoms with Gasteiger partial charge in [-0.15, -0.1) is 0 Å². The first-order chi connectivity index (χ1) is 15.9. The quantitative estimate of drug-likeness (QED) is 0.415. The van der Waals surface area contributed by atoms with Crippen LogP contribution in [0.15, 0.2) is 42.7 Å². The molecule has 0 spiro atoms. The van der Waals surface area contributed by atoms with Gasteiger partial charge in [0.05, 0.1) is 29.6 Å². The van der Waals surface area contributed by atoms with Gasteiger partial charge in [0.15, 0.2) is 5.01 Å². The summed E-state index contributed by atoms with van der Waals surface area (Å²) in [4.78, 5) is 24.8. The number of pyridine rings is 1. The van der Waals surface area contributed by atoms with E-state index in [1.807, 2.05) is 0 Å². The second-order valence-corrected chi connectivity index (χ2v) is 9.60. The number of aromatic nitrogens is 4. The Kier molecular flexibility index (Phi) is 5.81. The summed E-state index contributed by atoms with van der Waals surface area (Å²) in [6.07, 6.45) is 3.09. The van der Waals surface area contributed by atoms with Crippen LogP contribution < -0.4 is 5.32 Å². The van der Waals surface area contributed by atoms with Crippen molar-refractivity contribution in [3.05, 3.63) is 63.8 Å². The van der Waals surface area contributed by atoms with Crippen molar-refractivity contribution in [3.8, 4) is 11.4 Å². The van der Waals surface area contributed by atoms with E-state index in [2.05, 4.69) is 20.3 Å². The fourth-order valence-electron chi connectivity index (χ4n) is 4.37. The molecule has 1 fully saturated rings. The average Bonchev–Trinajstić information content (AvgIpc) is 3.37. The molecule has 2 N–H and O–H groups in total. The molecule has 0 bridgehead atoms. The average molecular weight is 490 g/mol. The number of carbonyl (C=O) groups excluding carboxylic acids is 1. The number of carbonyl (C=O) groups is 1. The molecular weight excluding hydrogens is 472 g/mol. The predicted octanol–water partition coefficient (Wildman–Crippen LogP) is 4.37. The highest BCUT2D eigenvalue weighted by Gasteiger charge is 2.33. The number of rotatable bonds is 4. The minimum absolute atomic E-state index is 0.227. The Bertz CT molecular complexity index is 1340. The van der Waals surface area contributed by atoms with Crippen molar-refractivity contribution in [2.45, 2.75) is 37.5 Å². The summed E-state index contributed by atoms with van der Waals surface area (Å²) >= 11 is 6.94. The topological polar surface area (TPSA) is 92.9 Å². The van der Waals surface area contributed by atoms with E-state index in [-0.39, 0.29) is 28.6 Å². The van der Waals surface area contributed by atoms with Gasteiger partial charge in [0.25, 0.3) is 5.91 Å². The molecule has 0 aliphatic heterocycles. The molecule has 11 heteroatoms. The summed E-state index contributed by atoms with van der Waals surface area (Å²) < 4.78 is 30.9. The second-order valence-electron chi connectivity index (χ2n) is 7.94. The van der Waals surface area contributed by atoms with Crippen LogP contribution in [0.25, 0.3) is 22.4 Å². The van der Waals surface area contributed by atoms with Crippen molar-refractivity contribution in [3.63, 3.8) is 0 Å². The van der Waals surface area contributed by atoms with Crippen molar-refractivity contribution in [2.75, 3.05) is 0 Å². The number of amides is 1. The Labute approximate surface area is 196 Å². The molecule has 7 nitrogen and oxygen atoms in total. The number of fused-ring (bicyclic) bond motifs is 1. The monoisotopic (exact) mass is 489 g/mol. The molecule has 3 heterocycles. The van der Waals surface area contributed by atoms with E-state index in [0.29, 0.717) is 40.5 Å². The zero-order valence-corrected chi connectivity index (χ0v) is 18.7. The molecule has 4 aromatic rings. The number of aliphatic hydroxyl groups is 1. The maximum atomic E-state index is 14.7. The first-order valence-corrected chi connectivity index (χ1v) is 11.5. The highest BCUT2D eigenvalue weighted by atomic mass is 35.5. The van der Waals surface area contributed by atoms with Crippen molar-refractivity contribution >= 4 is 39.9 Å². The lowest BCUT2D eigenvalue weighted by Gasteiger charge is -2.34. The Balaban J connectivity index is 1.53. The van der Waals surface area contributed by atoms with Gasteiger partial charge in [-0.1, -0.05) is 35.1 Å². The van der Waals surface area contributed by atoms with Gasteiger partial charge in [0.2, 0.25) is 5.95 Å². The van der Waals surface area contributed by atoms with Crippen LogP contribution in [0.4, 0.5) is 8.78 Å². The van der Waals surface area contributed by atoms with Gasteiger partial charge in [0.1, 0.15) is 21.5 Å². The first kappa shape index (κ1) is 21.9. The molecule has 1 saturated carbocycles. The minimum atomic E-state index is -0.730. The van der Waals surface area contributed by atoms with Gasteiger partial charge in [-0.3, -0.25) is 4.79 Å². The maximum Gasteiger partial charge on any atom is 0.280 e. The first-order valence-electron chi connectivity index (χ1n) is 10.3. The largest absolute Gasteiger partial charge is 0.393 e. The van der Waals surface area contributed by atoms with Crippen LogP contribution >= 0.6 is 22.9 Å². The summed E-state index contributed by atoms with van der Waals surface area (Å²) in [7, 11) is 0. The van der Waals surface area contributed by atoms with Crippen LogP contribution in [0, 0.1) is 11.8 Å². The summed E-state index contributed by atoms with van der Waals surface area (Å²) in [6, 6.07) is 6.69. The van der Waals surface area contributed by atoms with Crippen molar-refractivity contribution in [1.29, 1.82) is 0 Å². The van der Waals surface area contributed by atoms with Gasteiger partial charge in [-0.2, -0.15) is 4.39 Å². The number of aliphatic hydroxyl groups excluding tert-OH is 1. The lowest BCUT2D eigenvalue weighted by Crippen LogP contribution is -2.43. The molecular formula is C22H18ClF2N5O2S. The summed E-state index contributed by atoms with van der Waals surface area (Å²) in [5, 5.41) is 13.7. The normalized spacial score (nSPS) is 20.8. The number of nitrogens with zero attached hydrogens (tertiary/aromatic N) is 4. The number of nitrogens with one attached hydrogen (secondary N) is 1. The highest BCUT2D eigenvalue weighted by molar-refractivity contribution is 7.17. The molecule has 0 radical (unpaired) electrons. The number of imidazole rings is 1. The summed E-state index contributed by atoms with van der Waals surface area (Å²) in [5.41, 5.74) is 1.11. The predicted molar refractivity (Wildman–Crippen MR) is 120 cm³/mol. The summed E-state index contributed by atoms with van der Waals surface area (Å²) in [6.45, 7) is 0. The highest BCUT2D eigenvalue weighted by Crippen LogP contribution is 2.37. The standard InChI is InChI=1S/C22H18ClF2N5O2S/c23-18-10-27-22(33-18)21(32)28-11-5-12(7-13(31)6-11)30-17-8-19(25)26-9-16(17)29-20(30)14-3-1-2-4-15(14)24/h1-4,8-13,31H,5-7H2,(H,28,32)/t11-,12+,13+/m1/s1. The van der Waals surface area contributed by atoms with Gasteiger partial charge in [-0.25, -0.2) is 19.3 Å². The number of hydrogen-bond donors (Lipinski definition) is 2. The third kappa shape index (κ3) is 4.33. The van der Waals surface area contributed by atoms with E-state index in [1.54, 1.807) is 22.8 Å². The van der Waals surface area contributed by atoms with Gasteiger partial charge >= 0.3 is 0 Å². The minimum Gasteiger partial charge on any atom is -0.393 e. The van der Waals surface area contributed by atoms with Crippen LogP contribution in [-0.2, 0) is 0 Å². The van der Waals surface area contributed by atoms with E-state index in [0.717, 1.165) is 11.3 Å². The van der Waals surface area contributed by atoms with Crippen molar-refractivity contribution in [2.24, 2.45) is 0 Å². The third-order valence-corrected chi connectivity index (χ3v) is 6.80. The van der Waals surface area contributed by atoms with E-state index in [9.17, 15) is 18.7 Å². The van der Waals surface area contributed by atoms with Crippen molar-refractivity contribution < 1.29 is 18.7 Å². The molecule has 3 atom stereocenters. The molecule has 170 valence electrons. The smallest absolute Gasteiger partial charge is 0.280 e. The molecule has 0 unspecified atom stereocenters. The van der Waals surface area contributed by atoms with Crippen LogP contribution in [0.1, 0.15) is 35.1 Å². The lowest BCUT2D eigenvalue weighted by molar-refractivity contribution is 0.0747. The number of halogens is 3. The van der Waals surface area contributed by atoms with Gasteiger partial charge in [-0.05, 0) is 31.4 Å². The number of hydrogen-bond acceptors (Lipinski definition) is 6. The molecule has 1 aromatic carbocycles. The second kappa shape index (κ2) is 8.77. The Morgan fingerprint density at radius 1 is 1.18 bits per heavy atom. The number of thiazole rings is 1. The fraction of sp³-hybridized carbons (Fsp3) is 0.273. The van der Waals surface area contributed by atoms with Crippen LogP contribution in [0.2, 0.25) is 4.34 Å². The molecule has 1 amide bonds. The maximum absolute atomic E-state index is 14.7. The Hall–Kier alpha value is -2.95. The van der Waals surface area contributed by atoms with E-state index in [4.69, 9.17) is 11.6 Å². The number of benzene rings is 1. The fourth-order valence-corrected chi connectivity index (χ4v) is 5.19. The van der Waals surface area contributed by atoms with Crippen LogP contribution in [0.5, 0.6) is 0 Å².